The zero-order valence-electron chi connectivity index (χ0n) is 9.00. The number of hydrogen-bond donors (Lipinski definition) is 0. The maximum atomic E-state index is 10.5. The van der Waals surface area contributed by atoms with Crippen LogP contribution in [0.1, 0.15) is 24.0 Å². The van der Waals surface area contributed by atoms with Gasteiger partial charge in [-0.15, -0.1) is 0 Å². The van der Waals surface area contributed by atoms with Crippen LogP contribution in [0.25, 0.3) is 0 Å². The zero-order valence-corrected chi connectivity index (χ0v) is 10.6. The Morgan fingerprint density at radius 3 is 2.88 bits per heavy atom. The number of methoxy groups -OCH3 is 1. The SMILES string of the molecule is COCc1ccc(Br)cc1C1(N=C=O)CC1. The Balaban J connectivity index is 2.45. The van der Waals surface area contributed by atoms with Crippen molar-refractivity contribution in [2.24, 2.45) is 4.99 Å². The van der Waals surface area contributed by atoms with Crippen LogP contribution in [-0.4, -0.2) is 13.2 Å². The molecule has 1 aliphatic rings. The summed E-state index contributed by atoms with van der Waals surface area (Å²) >= 11 is 3.44. The highest BCUT2D eigenvalue weighted by molar-refractivity contribution is 9.10. The molecule has 1 fully saturated rings. The van der Waals surface area contributed by atoms with Crippen LogP contribution in [0.5, 0.6) is 0 Å². The molecule has 3 nitrogen and oxygen atoms in total. The van der Waals surface area contributed by atoms with Crippen molar-refractivity contribution in [2.75, 3.05) is 7.11 Å². The Kier molecular flexibility index (Phi) is 3.24. The highest BCUT2D eigenvalue weighted by Gasteiger charge is 2.46. The molecule has 0 N–H and O–H groups in total. The van der Waals surface area contributed by atoms with Gasteiger partial charge in [0, 0.05) is 11.6 Å². The van der Waals surface area contributed by atoms with Crippen molar-refractivity contribution >= 4 is 22.0 Å². The second-order valence-electron chi connectivity index (χ2n) is 3.97. The summed E-state index contributed by atoms with van der Waals surface area (Å²) < 4.78 is 6.15. The first-order valence-corrected chi connectivity index (χ1v) is 5.88. The van der Waals surface area contributed by atoms with E-state index in [2.05, 4.69) is 20.9 Å². The number of hydrogen-bond acceptors (Lipinski definition) is 3. The lowest BCUT2D eigenvalue weighted by Crippen LogP contribution is -2.07. The smallest absolute Gasteiger partial charge is 0.235 e. The monoisotopic (exact) mass is 281 g/mol. The van der Waals surface area contributed by atoms with Crippen LogP contribution in [-0.2, 0) is 21.7 Å². The predicted octanol–water partition coefficient (Wildman–Crippen LogP) is 2.92. The maximum Gasteiger partial charge on any atom is 0.235 e. The van der Waals surface area contributed by atoms with Crippen molar-refractivity contribution in [3.8, 4) is 0 Å². The van der Waals surface area contributed by atoms with Gasteiger partial charge in [-0.3, -0.25) is 0 Å². The Bertz CT molecular complexity index is 448. The molecule has 0 bridgehead atoms. The Labute approximate surface area is 103 Å². The van der Waals surface area contributed by atoms with E-state index in [1.165, 1.54) is 0 Å². The molecule has 0 radical (unpaired) electrons. The van der Waals surface area contributed by atoms with E-state index in [-0.39, 0.29) is 5.54 Å². The predicted molar refractivity (Wildman–Crippen MR) is 63.9 cm³/mol. The van der Waals surface area contributed by atoms with Gasteiger partial charge in [-0.25, -0.2) is 4.79 Å². The number of halogens is 1. The van der Waals surface area contributed by atoms with Gasteiger partial charge in [0.05, 0.1) is 12.1 Å². The van der Waals surface area contributed by atoms with E-state index in [0.29, 0.717) is 6.61 Å². The molecule has 0 aromatic heterocycles. The fourth-order valence-corrected chi connectivity index (χ4v) is 2.27. The number of carbonyl (C=O) groups excluding carboxylic acids is 1. The first-order valence-electron chi connectivity index (χ1n) is 5.09. The average molecular weight is 282 g/mol. The third-order valence-corrected chi connectivity index (χ3v) is 3.35. The standard InChI is InChI=1S/C12H12BrNO2/c1-16-7-9-2-3-10(13)6-11(9)12(4-5-12)14-8-15/h2-3,6H,4-5,7H2,1H3. The lowest BCUT2D eigenvalue weighted by atomic mass is 9.99. The quantitative estimate of drug-likeness (QED) is 0.629. The highest BCUT2D eigenvalue weighted by Crippen LogP contribution is 2.50. The lowest BCUT2D eigenvalue weighted by Gasteiger charge is -2.14. The summed E-state index contributed by atoms with van der Waals surface area (Å²) in [5.74, 6) is 0. The molecule has 0 aliphatic heterocycles. The molecule has 1 saturated carbocycles. The van der Waals surface area contributed by atoms with Crippen LogP contribution in [0.2, 0.25) is 0 Å². The molecule has 0 atom stereocenters. The number of nitrogens with zero attached hydrogens (tertiary/aromatic N) is 1. The minimum atomic E-state index is -0.334. The average Bonchev–Trinajstić information content (AvgIpc) is 3.03. The van der Waals surface area contributed by atoms with Crippen LogP contribution in [0.4, 0.5) is 0 Å². The molecule has 1 aromatic rings. The molecule has 0 unspecified atom stereocenters. The van der Waals surface area contributed by atoms with Crippen molar-refractivity contribution in [2.45, 2.75) is 25.0 Å². The Morgan fingerprint density at radius 2 is 2.31 bits per heavy atom. The summed E-state index contributed by atoms with van der Waals surface area (Å²) in [5.41, 5.74) is 1.83. The van der Waals surface area contributed by atoms with Gasteiger partial charge in [-0.05, 0) is 36.1 Å². The van der Waals surface area contributed by atoms with E-state index in [0.717, 1.165) is 28.4 Å². The van der Waals surface area contributed by atoms with Crippen LogP contribution < -0.4 is 0 Å². The third-order valence-electron chi connectivity index (χ3n) is 2.86. The van der Waals surface area contributed by atoms with Crippen molar-refractivity contribution < 1.29 is 9.53 Å². The molecular weight excluding hydrogens is 270 g/mol. The normalized spacial score (nSPS) is 16.6. The fourth-order valence-electron chi connectivity index (χ4n) is 1.91. The van der Waals surface area contributed by atoms with E-state index in [1.54, 1.807) is 13.2 Å². The fraction of sp³-hybridized carbons (Fsp3) is 0.417. The molecule has 84 valence electrons. The molecule has 0 saturated heterocycles. The Morgan fingerprint density at radius 1 is 1.56 bits per heavy atom. The molecule has 4 heteroatoms. The van der Waals surface area contributed by atoms with Gasteiger partial charge in [0.15, 0.2) is 0 Å². The minimum absolute atomic E-state index is 0.334. The number of benzene rings is 1. The van der Waals surface area contributed by atoms with Crippen LogP contribution in [0.3, 0.4) is 0 Å². The van der Waals surface area contributed by atoms with Gasteiger partial charge in [-0.1, -0.05) is 22.0 Å². The number of isocyanates is 1. The van der Waals surface area contributed by atoms with E-state index < -0.39 is 0 Å². The van der Waals surface area contributed by atoms with E-state index in [1.807, 2.05) is 18.2 Å². The molecule has 1 aromatic carbocycles. The van der Waals surface area contributed by atoms with Crippen molar-refractivity contribution in [1.82, 2.24) is 0 Å². The number of aliphatic imine (C=N–C) groups is 1. The number of ether oxygens (including phenoxy) is 1. The topological polar surface area (TPSA) is 38.7 Å². The summed E-state index contributed by atoms with van der Waals surface area (Å²) in [6.07, 6.45) is 3.50. The summed E-state index contributed by atoms with van der Waals surface area (Å²) in [6, 6.07) is 5.99. The molecule has 0 heterocycles. The molecular formula is C12H12BrNO2. The van der Waals surface area contributed by atoms with Gasteiger partial charge in [0.1, 0.15) is 0 Å². The van der Waals surface area contributed by atoms with Crippen molar-refractivity contribution in [3.63, 3.8) is 0 Å². The first-order chi connectivity index (χ1) is 7.72. The zero-order chi connectivity index (χ0) is 11.6. The van der Waals surface area contributed by atoms with E-state index in [4.69, 9.17) is 4.74 Å². The minimum Gasteiger partial charge on any atom is -0.380 e. The summed E-state index contributed by atoms with van der Waals surface area (Å²) in [5, 5.41) is 0. The first kappa shape index (κ1) is 11.5. The van der Waals surface area contributed by atoms with Crippen LogP contribution >= 0.6 is 15.9 Å². The molecule has 16 heavy (non-hydrogen) atoms. The van der Waals surface area contributed by atoms with Gasteiger partial charge >= 0.3 is 0 Å². The van der Waals surface area contributed by atoms with Crippen LogP contribution in [0.15, 0.2) is 27.7 Å². The van der Waals surface area contributed by atoms with Gasteiger partial charge in [0.2, 0.25) is 6.08 Å². The van der Waals surface area contributed by atoms with Gasteiger partial charge in [0.25, 0.3) is 0 Å². The molecule has 2 rings (SSSR count). The third kappa shape index (κ3) is 2.09. The van der Waals surface area contributed by atoms with E-state index >= 15 is 0 Å². The number of rotatable bonds is 4. The highest BCUT2D eigenvalue weighted by atomic mass is 79.9. The maximum absolute atomic E-state index is 10.5. The molecule has 1 aliphatic carbocycles. The molecule has 0 amide bonds. The van der Waals surface area contributed by atoms with E-state index in [9.17, 15) is 4.79 Å². The largest absolute Gasteiger partial charge is 0.380 e. The summed E-state index contributed by atoms with van der Waals surface area (Å²) in [6.45, 7) is 0.540. The Hall–Kier alpha value is -0.960. The van der Waals surface area contributed by atoms with Crippen LogP contribution in [0, 0.1) is 0 Å². The summed E-state index contributed by atoms with van der Waals surface area (Å²) in [7, 11) is 1.66. The van der Waals surface area contributed by atoms with Gasteiger partial charge < -0.3 is 4.74 Å². The second-order valence-corrected chi connectivity index (χ2v) is 4.88. The van der Waals surface area contributed by atoms with Crippen molar-refractivity contribution in [1.29, 1.82) is 0 Å². The van der Waals surface area contributed by atoms with Crippen molar-refractivity contribution in [3.05, 3.63) is 33.8 Å². The lowest BCUT2D eigenvalue weighted by molar-refractivity contribution is 0.183. The second kappa shape index (κ2) is 4.50. The molecule has 0 spiro atoms. The summed E-state index contributed by atoms with van der Waals surface area (Å²) in [4.78, 5) is 14.4. The van der Waals surface area contributed by atoms with Gasteiger partial charge in [-0.2, -0.15) is 4.99 Å².